The molecular weight excluding hydrogens is 304 g/mol. The Balaban J connectivity index is 1.88. The van der Waals surface area contributed by atoms with Gasteiger partial charge in [-0.3, -0.25) is 19.1 Å². The molecule has 0 aromatic carbocycles. The van der Waals surface area contributed by atoms with Crippen LogP contribution < -0.4 is 0 Å². The zero-order valence-electron chi connectivity index (χ0n) is 14.9. The molecule has 1 unspecified atom stereocenters. The van der Waals surface area contributed by atoms with Gasteiger partial charge < -0.3 is 4.90 Å². The average molecular weight is 330 g/mol. The van der Waals surface area contributed by atoms with Gasteiger partial charge in [-0.2, -0.15) is 10.2 Å². The summed E-state index contributed by atoms with van der Waals surface area (Å²) in [6.07, 6.45) is 7.36. The summed E-state index contributed by atoms with van der Waals surface area (Å²) in [6.45, 7) is 4.54. The lowest BCUT2D eigenvalue weighted by atomic mass is 9.87. The zero-order chi connectivity index (χ0) is 17.3. The van der Waals surface area contributed by atoms with E-state index in [4.69, 9.17) is 0 Å². The number of piperidine rings is 1. The summed E-state index contributed by atoms with van der Waals surface area (Å²) in [4.78, 5) is 17.0. The second-order valence-corrected chi connectivity index (χ2v) is 6.87. The van der Waals surface area contributed by atoms with E-state index in [2.05, 4.69) is 22.0 Å². The number of rotatable bonds is 4. The number of hydrogen-bond donors (Lipinski definition) is 0. The molecular formula is C17H26N6O. The number of likely N-dealkylation sites (N-methyl/N-ethyl adjacent to an activating group) is 1. The molecule has 1 fully saturated rings. The molecule has 7 heteroatoms. The molecule has 24 heavy (non-hydrogen) atoms. The molecule has 2 aromatic rings. The van der Waals surface area contributed by atoms with Gasteiger partial charge in [-0.1, -0.05) is 0 Å². The maximum atomic E-state index is 13.0. The summed E-state index contributed by atoms with van der Waals surface area (Å²) in [5.74, 6) is 0.110. The lowest BCUT2D eigenvalue weighted by Crippen LogP contribution is -2.58. The molecule has 2 aromatic heterocycles. The van der Waals surface area contributed by atoms with Crippen LogP contribution in [0.3, 0.4) is 0 Å². The lowest BCUT2D eigenvalue weighted by Gasteiger charge is -2.42. The highest BCUT2D eigenvalue weighted by molar-refractivity contribution is 5.84. The maximum Gasteiger partial charge on any atom is 0.251 e. The third-order valence-corrected chi connectivity index (χ3v) is 5.03. The van der Waals surface area contributed by atoms with E-state index in [0.29, 0.717) is 6.54 Å². The Morgan fingerprint density at radius 2 is 2.17 bits per heavy atom. The number of hydrogen-bond acceptors (Lipinski definition) is 4. The van der Waals surface area contributed by atoms with Gasteiger partial charge in [0.1, 0.15) is 0 Å². The molecule has 130 valence electrons. The van der Waals surface area contributed by atoms with Crippen molar-refractivity contribution in [2.75, 3.05) is 27.2 Å². The van der Waals surface area contributed by atoms with Crippen LogP contribution in [0.15, 0.2) is 24.7 Å². The van der Waals surface area contributed by atoms with Crippen LogP contribution in [-0.2, 0) is 23.9 Å². The largest absolute Gasteiger partial charge is 0.347 e. The SMILES string of the molecule is Cc1c(CN2CCCC(C(=O)N(C)C)(n3cccn3)C2)cnn1C. The van der Waals surface area contributed by atoms with E-state index >= 15 is 0 Å². The summed E-state index contributed by atoms with van der Waals surface area (Å²) >= 11 is 0. The van der Waals surface area contributed by atoms with Crippen molar-refractivity contribution in [3.05, 3.63) is 35.9 Å². The van der Waals surface area contributed by atoms with Gasteiger partial charge in [0, 0.05) is 57.9 Å². The Morgan fingerprint density at radius 1 is 1.38 bits per heavy atom. The molecule has 0 bridgehead atoms. The Kier molecular flexibility index (Phi) is 4.45. The van der Waals surface area contributed by atoms with Crippen LogP contribution in [0, 0.1) is 6.92 Å². The van der Waals surface area contributed by atoms with E-state index in [-0.39, 0.29) is 5.91 Å². The molecule has 1 amide bonds. The molecule has 3 rings (SSSR count). The lowest BCUT2D eigenvalue weighted by molar-refractivity contribution is -0.142. The van der Waals surface area contributed by atoms with E-state index < -0.39 is 5.54 Å². The van der Waals surface area contributed by atoms with Crippen molar-refractivity contribution in [3.8, 4) is 0 Å². The fraction of sp³-hybridized carbons (Fsp3) is 0.588. The van der Waals surface area contributed by atoms with Gasteiger partial charge >= 0.3 is 0 Å². The Morgan fingerprint density at radius 3 is 2.75 bits per heavy atom. The second kappa shape index (κ2) is 6.39. The number of aryl methyl sites for hydroxylation is 1. The Hall–Kier alpha value is -2.15. The highest BCUT2D eigenvalue weighted by Gasteiger charge is 2.45. The van der Waals surface area contributed by atoms with Crippen LogP contribution in [0.5, 0.6) is 0 Å². The normalized spacial score (nSPS) is 21.8. The number of nitrogens with zero attached hydrogens (tertiary/aromatic N) is 6. The molecule has 1 saturated heterocycles. The number of carbonyl (C=O) groups excluding carboxylic acids is 1. The fourth-order valence-corrected chi connectivity index (χ4v) is 3.60. The first-order chi connectivity index (χ1) is 11.4. The van der Waals surface area contributed by atoms with Crippen molar-refractivity contribution in [3.63, 3.8) is 0 Å². The average Bonchev–Trinajstić information content (AvgIpc) is 3.21. The zero-order valence-corrected chi connectivity index (χ0v) is 14.9. The van der Waals surface area contributed by atoms with Crippen LogP contribution in [-0.4, -0.2) is 62.5 Å². The van der Waals surface area contributed by atoms with E-state index in [1.54, 1.807) is 11.1 Å². The van der Waals surface area contributed by atoms with Crippen molar-refractivity contribution >= 4 is 5.91 Å². The standard InChI is InChI=1S/C17H26N6O/c1-14-15(11-19-21(14)4)12-22-9-5-7-17(13-22,16(24)20(2)3)23-10-6-8-18-23/h6,8,10-11H,5,7,9,12-13H2,1-4H3. The highest BCUT2D eigenvalue weighted by Crippen LogP contribution is 2.31. The van der Waals surface area contributed by atoms with E-state index in [9.17, 15) is 4.79 Å². The molecule has 0 saturated carbocycles. The number of likely N-dealkylation sites (tertiary alicyclic amines) is 1. The molecule has 1 atom stereocenters. The van der Waals surface area contributed by atoms with Crippen LogP contribution in [0.25, 0.3) is 0 Å². The van der Waals surface area contributed by atoms with Crippen molar-refractivity contribution < 1.29 is 4.79 Å². The molecule has 1 aliphatic rings. The summed E-state index contributed by atoms with van der Waals surface area (Å²) < 4.78 is 3.74. The molecule has 3 heterocycles. The van der Waals surface area contributed by atoms with Crippen molar-refractivity contribution in [2.45, 2.75) is 31.8 Å². The fourth-order valence-electron chi connectivity index (χ4n) is 3.60. The maximum absolute atomic E-state index is 13.0. The third-order valence-electron chi connectivity index (χ3n) is 5.03. The quantitative estimate of drug-likeness (QED) is 0.839. The van der Waals surface area contributed by atoms with E-state index in [1.807, 2.05) is 49.0 Å². The molecule has 0 radical (unpaired) electrons. The monoisotopic (exact) mass is 330 g/mol. The minimum absolute atomic E-state index is 0.110. The first-order valence-electron chi connectivity index (χ1n) is 8.36. The molecule has 0 aliphatic carbocycles. The summed E-state index contributed by atoms with van der Waals surface area (Å²) in [5, 5.41) is 8.73. The van der Waals surface area contributed by atoms with Crippen LogP contribution in [0.4, 0.5) is 0 Å². The van der Waals surface area contributed by atoms with Gasteiger partial charge in [-0.15, -0.1) is 0 Å². The predicted octanol–water partition coefficient (Wildman–Crippen LogP) is 1.00. The number of aromatic nitrogens is 4. The first kappa shape index (κ1) is 16.7. The topological polar surface area (TPSA) is 59.2 Å². The van der Waals surface area contributed by atoms with Crippen molar-refractivity contribution in [1.29, 1.82) is 0 Å². The van der Waals surface area contributed by atoms with Gasteiger partial charge in [0.15, 0.2) is 5.54 Å². The first-order valence-corrected chi connectivity index (χ1v) is 8.36. The summed E-state index contributed by atoms with van der Waals surface area (Å²) in [5.41, 5.74) is 1.76. The molecule has 7 nitrogen and oxygen atoms in total. The van der Waals surface area contributed by atoms with E-state index in [0.717, 1.165) is 25.9 Å². The highest BCUT2D eigenvalue weighted by atomic mass is 16.2. The van der Waals surface area contributed by atoms with Gasteiger partial charge in [-0.25, -0.2) is 0 Å². The minimum Gasteiger partial charge on any atom is -0.347 e. The van der Waals surface area contributed by atoms with Crippen LogP contribution in [0.2, 0.25) is 0 Å². The van der Waals surface area contributed by atoms with Gasteiger partial charge in [0.2, 0.25) is 0 Å². The van der Waals surface area contributed by atoms with Crippen LogP contribution in [0.1, 0.15) is 24.1 Å². The van der Waals surface area contributed by atoms with Gasteiger partial charge in [-0.05, 0) is 32.4 Å². The van der Waals surface area contributed by atoms with E-state index in [1.165, 1.54) is 11.3 Å². The Labute approximate surface area is 142 Å². The predicted molar refractivity (Wildman–Crippen MR) is 91.4 cm³/mol. The third kappa shape index (κ3) is 2.84. The van der Waals surface area contributed by atoms with Crippen LogP contribution >= 0.6 is 0 Å². The second-order valence-electron chi connectivity index (χ2n) is 6.87. The molecule has 0 N–H and O–H groups in total. The number of carbonyl (C=O) groups is 1. The Bertz CT molecular complexity index is 705. The summed E-state index contributed by atoms with van der Waals surface area (Å²) in [6, 6.07) is 1.88. The van der Waals surface area contributed by atoms with Gasteiger partial charge in [0.05, 0.1) is 6.20 Å². The smallest absolute Gasteiger partial charge is 0.251 e. The van der Waals surface area contributed by atoms with Gasteiger partial charge in [0.25, 0.3) is 5.91 Å². The molecule has 0 spiro atoms. The summed E-state index contributed by atoms with van der Waals surface area (Å²) in [7, 11) is 5.59. The molecule has 1 aliphatic heterocycles. The minimum atomic E-state index is -0.624. The van der Waals surface area contributed by atoms with Crippen molar-refractivity contribution in [2.24, 2.45) is 7.05 Å². The van der Waals surface area contributed by atoms with Crippen molar-refractivity contribution in [1.82, 2.24) is 29.4 Å². The number of amides is 1.